The molecule has 0 N–H and O–H groups in total. The molecular weight excluding hydrogens is 344 g/mol. The minimum absolute atomic E-state index is 0.137. The molecule has 2 aliphatic rings. The molecule has 1 heterocycles. The number of fused-ring (bicyclic) bond motifs is 1. The topological polar surface area (TPSA) is 60.4 Å². The highest BCUT2D eigenvalue weighted by atomic mass is 16.5. The van der Waals surface area contributed by atoms with Crippen LogP contribution in [0.5, 0.6) is 11.5 Å². The van der Waals surface area contributed by atoms with E-state index >= 15 is 0 Å². The van der Waals surface area contributed by atoms with E-state index in [1.54, 1.807) is 14.2 Å². The Morgan fingerprint density at radius 3 is 2.48 bits per heavy atom. The quantitative estimate of drug-likeness (QED) is 0.707. The third-order valence-corrected chi connectivity index (χ3v) is 5.34. The van der Waals surface area contributed by atoms with E-state index in [0.29, 0.717) is 12.4 Å². The number of hydrazone groups is 1. The molecule has 0 spiro atoms. The minimum atomic E-state index is -0.195. The fourth-order valence-corrected chi connectivity index (χ4v) is 3.97. The molecule has 1 fully saturated rings. The molecule has 27 heavy (non-hydrogen) atoms. The third-order valence-electron chi connectivity index (χ3n) is 5.34. The number of benzene rings is 1. The summed E-state index contributed by atoms with van der Waals surface area (Å²) < 4.78 is 16.2. The van der Waals surface area contributed by atoms with Crippen molar-refractivity contribution in [2.24, 2.45) is 5.10 Å². The van der Waals surface area contributed by atoms with Gasteiger partial charge in [-0.05, 0) is 62.3 Å². The second kappa shape index (κ2) is 9.11. The first-order chi connectivity index (χ1) is 13.2. The van der Waals surface area contributed by atoms with Crippen LogP contribution in [-0.4, -0.2) is 44.1 Å². The van der Waals surface area contributed by atoms with Gasteiger partial charge in [0.2, 0.25) is 0 Å². The Morgan fingerprint density at radius 2 is 1.81 bits per heavy atom. The molecule has 1 unspecified atom stereocenters. The van der Waals surface area contributed by atoms with Crippen LogP contribution in [0.15, 0.2) is 17.2 Å². The molecule has 0 saturated heterocycles. The lowest BCUT2D eigenvalue weighted by molar-refractivity contribution is -0.144. The first-order valence-corrected chi connectivity index (χ1v) is 9.89. The van der Waals surface area contributed by atoms with Crippen molar-refractivity contribution < 1.29 is 19.0 Å². The zero-order chi connectivity index (χ0) is 19.2. The molecule has 1 aliphatic heterocycles. The summed E-state index contributed by atoms with van der Waals surface area (Å²) in [5, 5.41) is 7.05. The number of nitrogens with zero attached hydrogens (tertiary/aromatic N) is 2. The second-order valence-electron chi connectivity index (χ2n) is 7.07. The lowest BCUT2D eigenvalue weighted by Crippen LogP contribution is -2.34. The van der Waals surface area contributed by atoms with Gasteiger partial charge in [0.1, 0.15) is 0 Å². The van der Waals surface area contributed by atoms with Crippen molar-refractivity contribution >= 4 is 11.7 Å². The zero-order valence-corrected chi connectivity index (χ0v) is 16.6. The van der Waals surface area contributed by atoms with E-state index in [-0.39, 0.29) is 18.4 Å². The minimum Gasteiger partial charge on any atom is -0.493 e. The van der Waals surface area contributed by atoms with Crippen LogP contribution in [0.3, 0.4) is 0 Å². The highest BCUT2D eigenvalue weighted by Gasteiger charge is 2.31. The van der Waals surface area contributed by atoms with Crippen molar-refractivity contribution in [3.8, 4) is 11.5 Å². The Balaban J connectivity index is 1.94. The van der Waals surface area contributed by atoms with Crippen molar-refractivity contribution in [2.45, 2.75) is 57.9 Å². The van der Waals surface area contributed by atoms with Crippen LogP contribution in [0.2, 0.25) is 0 Å². The van der Waals surface area contributed by atoms with E-state index in [2.05, 4.69) is 5.01 Å². The summed E-state index contributed by atoms with van der Waals surface area (Å²) >= 11 is 0. The van der Waals surface area contributed by atoms with E-state index in [0.717, 1.165) is 37.1 Å². The van der Waals surface area contributed by atoms with Crippen molar-refractivity contribution in [2.75, 3.05) is 27.4 Å². The molecule has 0 bridgehead atoms. The summed E-state index contributed by atoms with van der Waals surface area (Å²) in [6, 6.07) is 3.88. The lowest BCUT2D eigenvalue weighted by atomic mass is 9.91. The normalized spacial score (nSPS) is 19.3. The van der Waals surface area contributed by atoms with Crippen LogP contribution in [0.1, 0.15) is 62.6 Å². The number of rotatable bonds is 6. The van der Waals surface area contributed by atoms with Gasteiger partial charge in [-0.1, -0.05) is 6.42 Å². The molecule has 0 aromatic heterocycles. The predicted octanol–water partition coefficient (Wildman–Crippen LogP) is 3.88. The van der Waals surface area contributed by atoms with E-state index in [9.17, 15) is 4.79 Å². The maximum Gasteiger partial charge on any atom is 0.308 e. The second-order valence-corrected chi connectivity index (χ2v) is 7.07. The van der Waals surface area contributed by atoms with Gasteiger partial charge in [-0.2, -0.15) is 5.10 Å². The van der Waals surface area contributed by atoms with Crippen LogP contribution < -0.4 is 9.47 Å². The highest BCUT2D eigenvalue weighted by Crippen LogP contribution is 2.40. The van der Waals surface area contributed by atoms with Gasteiger partial charge in [-0.3, -0.25) is 9.80 Å². The van der Waals surface area contributed by atoms with Gasteiger partial charge in [0.15, 0.2) is 11.5 Å². The van der Waals surface area contributed by atoms with Crippen LogP contribution >= 0.6 is 0 Å². The summed E-state index contributed by atoms with van der Waals surface area (Å²) in [5.74, 6) is 1.20. The maximum atomic E-state index is 12.3. The number of carbonyl (C=O) groups is 1. The van der Waals surface area contributed by atoms with Crippen molar-refractivity contribution in [3.63, 3.8) is 0 Å². The largest absolute Gasteiger partial charge is 0.493 e. The average Bonchev–Trinajstić information content (AvgIpc) is 2.69. The zero-order valence-electron chi connectivity index (χ0n) is 16.6. The highest BCUT2D eigenvalue weighted by molar-refractivity contribution is 5.84. The molecule has 148 valence electrons. The van der Waals surface area contributed by atoms with Gasteiger partial charge in [0.05, 0.1) is 33.3 Å². The van der Waals surface area contributed by atoms with Gasteiger partial charge in [0.25, 0.3) is 0 Å². The van der Waals surface area contributed by atoms with Crippen LogP contribution in [0.25, 0.3) is 0 Å². The van der Waals surface area contributed by atoms with Gasteiger partial charge in [-0.15, -0.1) is 0 Å². The lowest BCUT2D eigenvalue weighted by Gasteiger charge is -2.36. The molecule has 0 radical (unpaired) electrons. The van der Waals surface area contributed by atoms with E-state index in [4.69, 9.17) is 19.3 Å². The SMILES string of the molecule is CCOC(=O)CC1c2cc(OC)c(OC)cc2CCN1N=C1CCCCC1. The number of esters is 1. The number of hydrogen-bond donors (Lipinski definition) is 0. The summed E-state index contributed by atoms with van der Waals surface area (Å²) in [6.07, 6.45) is 6.96. The molecule has 1 aromatic rings. The first-order valence-electron chi connectivity index (χ1n) is 9.89. The molecule has 0 amide bonds. The molecule has 1 saturated carbocycles. The van der Waals surface area contributed by atoms with E-state index in [1.165, 1.54) is 30.5 Å². The molecular formula is C21H30N2O4. The molecule has 1 aliphatic carbocycles. The van der Waals surface area contributed by atoms with Crippen molar-refractivity contribution in [3.05, 3.63) is 23.3 Å². The molecule has 1 aromatic carbocycles. The predicted molar refractivity (Wildman–Crippen MR) is 104 cm³/mol. The number of carbonyl (C=O) groups excluding carboxylic acids is 1. The average molecular weight is 374 g/mol. The molecule has 6 heteroatoms. The Labute approximate surface area is 161 Å². The number of ether oxygens (including phenoxy) is 3. The summed E-state index contributed by atoms with van der Waals surface area (Å²) in [6.45, 7) is 3.01. The Hall–Kier alpha value is -2.24. The Morgan fingerprint density at radius 1 is 1.11 bits per heavy atom. The fraction of sp³-hybridized carbons (Fsp3) is 0.619. The van der Waals surface area contributed by atoms with Gasteiger partial charge >= 0.3 is 5.97 Å². The third kappa shape index (κ3) is 4.54. The smallest absolute Gasteiger partial charge is 0.308 e. The summed E-state index contributed by atoms with van der Waals surface area (Å²) in [5.41, 5.74) is 3.51. The standard InChI is InChI=1S/C21H30N2O4/c1-4-27-21(24)14-18-17-13-20(26-3)19(25-2)12-15(17)10-11-23(18)22-16-8-6-5-7-9-16/h12-13,18H,4-11,14H2,1-3H3. The molecule has 3 rings (SSSR count). The van der Waals surface area contributed by atoms with E-state index < -0.39 is 0 Å². The summed E-state index contributed by atoms with van der Waals surface area (Å²) in [4.78, 5) is 12.3. The molecule has 6 nitrogen and oxygen atoms in total. The number of hydrogen-bond acceptors (Lipinski definition) is 6. The van der Waals surface area contributed by atoms with Crippen molar-refractivity contribution in [1.29, 1.82) is 0 Å². The summed E-state index contributed by atoms with van der Waals surface area (Å²) in [7, 11) is 3.28. The van der Waals surface area contributed by atoms with Gasteiger partial charge in [-0.25, -0.2) is 0 Å². The van der Waals surface area contributed by atoms with Crippen LogP contribution in [0.4, 0.5) is 0 Å². The van der Waals surface area contributed by atoms with Crippen molar-refractivity contribution in [1.82, 2.24) is 5.01 Å². The van der Waals surface area contributed by atoms with Gasteiger partial charge in [0, 0.05) is 12.3 Å². The monoisotopic (exact) mass is 374 g/mol. The Kier molecular flexibility index (Phi) is 6.58. The number of methoxy groups -OCH3 is 2. The first kappa shape index (κ1) is 19.5. The molecule has 1 atom stereocenters. The maximum absolute atomic E-state index is 12.3. The Bertz CT molecular complexity index is 694. The van der Waals surface area contributed by atoms with Gasteiger partial charge < -0.3 is 14.2 Å². The fourth-order valence-electron chi connectivity index (χ4n) is 3.97. The van der Waals surface area contributed by atoms with E-state index in [1.807, 2.05) is 19.1 Å². The van der Waals surface area contributed by atoms with Crippen LogP contribution in [-0.2, 0) is 16.0 Å². The van der Waals surface area contributed by atoms with Crippen LogP contribution in [0, 0.1) is 0 Å².